The van der Waals surface area contributed by atoms with Crippen molar-refractivity contribution in [3.8, 4) is 5.75 Å². The van der Waals surface area contributed by atoms with Crippen LogP contribution in [-0.2, 0) is 4.79 Å². The molecule has 2 fully saturated rings. The molecule has 1 saturated heterocycles. The molecule has 5 nitrogen and oxygen atoms in total. The molecule has 1 spiro atoms. The Morgan fingerprint density at radius 1 is 1.29 bits per heavy atom. The first-order chi connectivity index (χ1) is 11.4. The molecule has 1 saturated carbocycles. The molecule has 0 radical (unpaired) electrons. The number of halogens is 1. The smallest absolute Gasteiger partial charge is 0.325 e. The maximum Gasteiger partial charge on any atom is 0.325 e. The van der Waals surface area contributed by atoms with Crippen molar-refractivity contribution in [3.63, 3.8) is 0 Å². The number of ether oxygens (including phenoxy) is 1. The van der Waals surface area contributed by atoms with Crippen molar-refractivity contribution in [1.82, 2.24) is 10.2 Å². The van der Waals surface area contributed by atoms with Crippen molar-refractivity contribution >= 4 is 11.9 Å². The molecule has 1 aliphatic carbocycles. The second-order valence-electron chi connectivity index (χ2n) is 6.79. The fourth-order valence-electron chi connectivity index (χ4n) is 3.97. The van der Waals surface area contributed by atoms with Gasteiger partial charge in [-0.25, -0.2) is 9.18 Å². The first-order valence-corrected chi connectivity index (χ1v) is 8.47. The summed E-state index contributed by atoms with van der Waals surface area (Å²) in [6.45, 7) is 4.35. The molecule has 1 N–H and O–H groups in total. The fraction of sp³-hybridized carbons (Fsp3) is 0.556. The van der Waals surface area contributed by atoms with Crippen molar-refractivity contribution in [3.05, 3.63) is 30.1 Å². The van der Waals surface area contributed by atoms with Crippen LogP contribution in [0.3, 0.4) is 0 Å². The van der Waals surface area contributed by atoms with Gasteiger partial charge in [0.1, 0.15) is 23.7 Å². The van der Waals surface area contributed by atoms with Crippen LogP contribution in [0, 0.1) is 17.7 Å². The third-order valence-corrected chi connectivity index (χ3v) is 5.37. The molecule has 6 heteroatoms. The molecule has 2 atom stereocenters. The van der Waals surface area contributed by atoms with Crippen molar-refractivity contribution < 1.29 is 18.7 Å². The van der Waals surface area contributed by atoms with Crippen LogP contribution in [0.1, 0.15) is 33.1 Å². The van der Waals surface area contributed by atoms with E-state index in [-0.39, 0.29) is 42.7 Å². The van der Waals surface area contributed by atoms with E-state index in [0.29, 0.717) is 5.75 Å². The number of benzene rings is 1. The topological polar surface area (TPSA) is 58.6 Å². The lowest BCUT2D eigenvalue weighted by Crippen LogP contribution is -2.58. The standard InChI is InChI=1S/C18H23FN2O3/c1-12-5-3-6-13(2)18(12)16(22)21(17(23)20-18)9-10-24-15-8-4-7-14(19)11-15/h4,7-8,11-13H,3,5-6,9-10H2,1-2H3,(H,20,23). The highest BCUT2D eigenvalue weighted by atomic mass is 19.1. The first-order valence-electron chi connectivity index (χ1n) is 8.47. The normalized spacial score (nSPS) is 29.9. The van der Waals surface area contributed by atoms with Gasteiger partial charge in [-0.15, -0.1) is 0 Å². The van der Waals surface area contributed by atoms with Crippen molar-refractivity contribution in [1.29, 1.82) is 0 Å². The van der Waals surface area contributed by atoms with E-state index in [1.807, 2.05) is 13.8 Å². The molecule has 130 valence electrons. The minimum absolute atomic E-state index is 0.117. The van der Waals surface area contributed by atoms with E-state index < -0.39 is 5.54 Å². The summed E-state index contributed by atoms with van der Waals surface area (Å²) in [5.74, 6) is 0.0798. The van der Waals surface area contributed by atoms with Crippen LogP contribution in [-0.4, -0.2) is 35.5 Å². The summed E-state index contributed by atoms with van der Waals surface area (Å²) in [6.07, 6.45) is 2.95. The summed E-state index contributed by atoms with van der Waals surface area (Å²) >= 11 is 0. The molecule has 1 aliphatic heterocycles. The highest BCUT2D eigenvalue weighted by molar-refractivity contribution is 6.07. The lowest BCUT2D eigenvalue weighted by Gasteiger charge is -2.42. The molecule has 2 aliphatic rings. The van der Waals surface area contributed by atoms with Gasteiger partial charge in [-0.2, -0.15) is 0 Å². The van der Waals surface area contributed by atoms with Gasteiger partial charge in [0.25, 0.3) is 5.91 Å². The number of urea groups is 1. The van der Waals surface area contributed by atoms with Crippen molar-refractivity contribution in [2.24, 2.45) is 11.8 Å². The van der Waals surface area contributed by atoms with Gasteiger partial charge < -0.3 is 10.1 Å². The molecule has 3 rings (SSSR count). The van der Waals surface area contributed by atoms with Gasteiger partial charge in [-0.1, -0.05) is 26.3 Å². The third kappa shape index (κ3) is 2.74. The first kappa shape index (κ1) is 16.7. The Labute approximate surface area is 141 Å². The number of hydrogen-bond acceptors (Lipinski definition) is 3. The number of nitrogens with zero attached hydrogens (tertiary/aromatic N) is 1. The molecule has 1 heterocycles. The Hall–Kier alpha value is -2.11. The molecule has 1 aromatic rings. The third-order valence-electron chi connectivity index (χ3n) is 5.37. The maximum atomic E-state index is 13.1. The zero-order valence-corrected chi connectivity index (χ0v) is 14.0. The molecule has 0 bridgehead atoms. The van der Waals surface area contributed by atoms with Crippen LogP contribution in [0.15, 0.2) is 24.3 Å². The Bertz CT molecular complexity index is 639. The van der Waals surface area contributed by atoms with Gasteiger partial charge in [0, 0.05) is 6.07 Å². The largest absolute Gasteiger partial charge is 0.492 e. The molecule has 1 aromatic carbocycles. The number of rotatable bonds is 4. The molecule has 0 aromatic heterocycles. The zero-order valence-electron chi connectivity index (χ0n) is 14.0. The fourth-order valence-corrected chi connectivity index (χ4v) is 3.97. The highest BCUT2D eigenvalue weighted by Crippen LogP contribution is 2.42. The van der Waals surface area contributed by atoms with Crippen LogP contribution in [0.25, 0.3) is 0 Å². The van der Waals surface area contributed by atoms with E-state index >= 15 is 0 Å². The highest BCUT2D eigenvalue weighted by Gasteiger charge is 2.58. The zero-order chi connectivity index (χ0) is 17.3. The Kier molecular flexibility index (Phi) is 4.47. The van der Waals surface area contributed by atoms with Gasteiger partial charge in [-0.3, -0.25) is 9.69 Å². The summed E-state index contributed by atoms with van der Waals surface area (Å²) in [5, 5.41) is 2.95. The number of amides is 3. The number of carbonyl (C=O) groups is 2. The summed E-state index contributed by atoms with van der Waals surface area (Å²) in [6, 6.07) is 5.45. The minimum atomic E-state index is -0.784. The van der Waals surface area contributed by atoms with Gasteiger partial charge in [0.2, 0.25) is 0 Å². The second kappa shape index (κ2) is 6.42. The predicted molar refractivity (Wildman–Crippen MR) is 87.0 cm³/mol. The van der Waals surface area contributed by atoms with Crippen LogP contribution in [0.4, 0.5) is 9.18 Å². The summed E-state index contributed by atoms with van der Waals surface area (Å²) < 4.78 is 18.6. The maximum absolute atomic E-state index is 13.1. The van der Waals surface area contributed by atoms with E-state index in [0.717, 1.165) is 19.3 Å². The quantitative estimate of drug-likeness (QED) is 0.861. The molecular formula is C18H23FN2O3. The number of carbonyl (C=O) groups excluding carboxylic acids is 2. The molecule has 24 heavy (non-hydrogen) atoms. The van der Waals surface area contributed by atoms with Gasteiger partial charge in [0.05, 0.1) is 6.54 Å². The number of nitrogens with one attached hydrogen (secondary N) is 1. The van der Waals surface area contributed by atoms with Crippen molar-refractivity contribution in [2.75, 3.05) is 13.2 Å². The van der Waals surface area contributed by atoms with E-state index in [9.17, 15) is 14.0 Å². The molecule has 2 unspecified atom stereocenters. The minimum Gasteiger partial charge on any atom is -0.492 e. The van der Waals surface area contributed by atoms with Crippen LogP contribution < -0.4 is 10.1 Å². The molecular weight excluding hydrogens is 311 g/mol. The summed E-state index contributed by atoms with van der Waals surface area (Å²) in [5.41, 5.74) is -0.784. The lowest BCUT2D eigenvalue weighted by molar-refractivity contribution is -0.136. The van der Waals surface area contributed by atoms with E-state index in [4.69, 9.17) is 4.74 Å². The van der Waals surface area contributed by atoms with E-state index in [1.54, 1.807) is 12.1 Å². The SMILES string of the molecule is CC1CCCC(C)C12NC(=O)N(CCOc1cccc(F)c1)C2=O. The van der Waals surface area contributed by atoms with Crippen LogP contribution in [0.5, 0.6) is 5.75 Å². The summed E-state index contributed by atoms with van der Waals surface area (Å²) in [7, 11) is 0. The average Bonchev–Trinajstić information content (AvgIpc) is 2.78. The van der Waals surface area contributed by atoms with Gasteiger partial charge in [-0.05, 0) is 36.8 Å². The van der Waals surface area contributed by atoms with Crippen LogP contribution in [0.2, 0.25) is 0 Å². The number of hydrogen-bond donors (Lipinski definition) is 1. The average molecular weight is 334 g/mol. The van der Waals surface area contributed by atoms with Crippen LogP contribution >= 0.6 is 0 Å². The predicted octanol–water partition coefficient (Wildman–Crippen LogP) is 2.95. The Morgan fingerprint density at radius 3 is 2.67 bits per heavy atom. The van der Waals surface area contributed by atoms with Gasteiger partial charge in [0.15, 0.2) is 0 Å². The van der Waals surface area contributed by atoms with Gasteiger partial charge >= 0.3 is 6.03 Å². The van der Waals surface area contributed by atoms with E-state index in [1.165, 1.54) is 17.0 Å². The van der Waals surface area contributed by atoms with E-state index in [2.05, 4.69) is 5.32 Å². The Morgan fingerprint density at radius 2 is 2.00 bits per heavy atom. The molecule has 3 amide bonds. The van der Waals surface area contributed by atoms with Crippen molar-refractivity contribution in [2.45, 2.75) is 38.6 Å². The lowest BCUT2D eigenvalue weighted by atomic mass is 9.67. The monoisotopic (exact) mass is 334 g/mol. The number of imide groups is 1. The summed E-state index contributed by atoms with van der Waals surface area (Å²) in [4.78, 5) is 26.5. The second-order valence-corrected chi connectivity index (χ2v) is 6.79. The Balaban J connectivity index is 1.66.